The van der Waals surface area contributed by atoms with Crippen LogP contribution >= 0.6 is 11.6 Å². The van der Waals surface area contributed by atoms with Crippen molar-refractivity contribution < 1.29 is 13.9 Å². The normalized spacial score (nSPS) is 10.1. The van der Waals surface area contributed by atoms with E-state index in [4.69, 9.17) is 16.0 Å². The van der Waals surface area contributed by atoms with Crippen LogP contribution in [0, 0.1) is 6.92 Å². The maximum absolute atomic E-state index is 10.9. The first-order chi connectivity index (χ1) is 6.17. The van der Waals surface area contributed by atoms with E-state index < -0.39 is 0 Å². The number of nitrogens with zero attached hydrogens (tertiary/aromatic N) is 1. The molecule has 0 saturated carbocycles. The summed E-state index contributed by atoms with van der Waals surface area (Å²) >= 11 is 5.51. The number of aromatic nitrogens is 1. The molecular weight excluding hydrogens is 194 g/mol. The summed E-state index contributed by atoms with van der Waals surface area (Å²) in [5, 5.41) is 0. The lowest BCUT2D eigenvalue weighted by molar-refractivity contribution is -0.139. The van der Waals surface area contributed by atoms with Crippen molar-refractivity contribution in [3.05, 3.63) is 17.3 Å². The molecule has 5 heteroatoms. The Kier molecular flexibility index (Phi) is 3.31. The highest BCUT2D eigenvalue weighted by Crippen LogP contribution is 2.12. The van der Waals surface area contributed by atoms with Crippen molar-refractivity contribution in [2.24, 2.45) is 0 Å². The summed E-state index contributed by atoms with van der Waals surface area (Å²) in [5.41, 5.74) is 0.586. The van der Waals surface area contributed by atoms with E-state index in [0.29, 0.717) is 17.3 Å². The largest absolute Gasteiger partial charge is 0.469 e. The molecule has 0 unspecified atom stereocenters. The molecule has 0 aliphatic rings. The van der Waals surface area contributed by atoms with Gasteiger partial charge in [0.25, 0.3) is 0 Å². The molecule has 0 saturated heterocycles. The highest BCUT2D eigenvalue weighted by molar-refractivity contribution is 6.16. The number of carbonyl (C=O) groups is 1. The van der Waals surface area contributed by atoms with Gasteiger partial charge < -0.3 is 9.15 Å². The first kappa shape index (κ1) is 10.1. The molecule has 0 atom stereocenters. The molecular formula is C8H10ClNO3. The van der Waals surface area contributed by atoms with E-state index in [0.717, 1.165) is 0 Å². The van der Waals surface area contributed by atoms with Crippen molar-refractivity contribution in [2.45, 2.75) is 19.2 Å². The number of halogens is 1. The zero-order valence-corrected chi connectivity index (χ0v) is 8.22. The minimum absolute atomic E-state index is 0.128. The Morgan fingerprint density at radius 1 is 1.69 bits per heavy atom. The number of aryl methyl sites for hydroxylation is 1. The Morgan fingerprint density at radius 3 is 2.85 bits per heavy atom. The molecule has 13 heavy (non-hydrogen) atoms. The van der Waals surface area contributed by atoms with E-state index in [1.54, 1.807) is 6.92 Å². The number of hydrogen-bond acceptors (Lipinski definition) is 4. The van der Waals surface area contributed by atoms with E-state index in [1.165, 1.54) is 7.11 Å². The van der Waals surface area contributed by atoms with Crippen LogP contribution in [0.4, 0.5) is 0 Å². The quantitative estimate of drug-likeness (QED) is 0.551. The first-order valence-corrected chi connectivity index (χ1v) is 4.28. The molecule has 0 aliphatic heterocycles. The molecule has 0 radical (unpaired) electrons. The van der Waals surface area contributed by atoms with Crippen molar-refractivity contribution in [3.63, 3.8) is 0 Å². The molecule has 0 aliphatic carbocycles. The van der Waals surface area contributed by atoms with Gasteiger partial charge in [0.15, 0.2) is 0 Å². The van der Waals surface area contributed by atoms with Crippen LogP contribution in [0.2, 0.25) is 0 Å². The topological polar surface area (TPSA) is 52.3 Å². The molecule has 0 N–H and O–H groups in total. The highest BCUT2D eigenvalue weighted by atomic mass is 35.5. The third-order valence-corrected chi connectivity index (χ3v) is 1.82. The fourth-order valence-corrected chi connectivity index (χ4v) is 1.03. The standard InChI is InChI=1S/C8H10ClNO3/c1-5-6(3-8(11)12-2)10-7(4-9)13-5/h3-4H2,1-2H3. The van der Waals surface area contributed by atoms with Crippen LogP contribution in [-0.4, -0.2) is 18.1 Å². The summed E-state index contributed by atoms with van der Waals surface area (Å²) in [5.74, 6) is 0.916. The lowest BCUT2D eigenvalue weighted by Gasteiger charge is -1.94. The molecule has 1 aromatic rings. The monoisotopic (exact) mass is 203 g/mol. The Hall–Kier alpha value is -1.03. The summed E-state index contributed by atoms with van der Waals surface area (Å²) in [6, 6.07) is 0. The zero-order valence-electron chi connectivity index (χ0n) is 7.46. The molecule has 0 spiro atoms. The van der Waals surface area contributed by atoms with E-state index in [9.17, 15) is 4.79 Å². The van der Waals surface area contributed by atoms with Gasteiger partial charge in [-0.3, -0.25) is 4.79 Å². The third-order valence-electron chi connectivity index (χ3n) is 1.59. The first-order valence-electron chi connectivity index (χ1n) is 3.75. The molecule has 0 bridgehead atoms. The number of hydrogen-bond donors (Lipinski definition) is 0. The van der Waals surface area contributed by atoms with Gasteiger partial charge in [0.05, 0.1) is 25.1 Å². The van der Waals surface area contributed by atoms with E-state index >= 15 is 0 Å². The maximum Gasteiger partial charge on any atom is 0.311 e. The summed E-state index contributed by atoms with van der Waals surface area (Å²) in [6.07, 6.45) is 0.128. The molecule has 1 aromatic heterocycles. The zero-order chi connectivity index (χ0) is 9.84. The van der Waals surface area contributed by atoms with Crippen LogP contribution in [0.1, 0.15) is 17.3 Å². The van der Waals surface area contributed by atoms with Crippen LogP contribution < -0.4 is 0 Å². The van der Waals surface area contributed by atoms with E-state index in [2.05, 4.69) is 9.72 Å². The van der Waals surface area contributed by atoms with Crippen LogP contribution in [0.25, 0.3) is 0 Å². The van der Waals surface area contributed by atoms with Gasteiger partial charge in [-0.05, 0) is 6.92 Å². The minimum atomic E-state index is -0.336. The van der Waals surface area contributed by atoms with Crippen LogP contribution in [0.3, 0.4) is 0 Å². The average molecular weight is 204 g/mol. The van der Waals surface area contributed by atoms with Crippen LogP contribution in [-0.2, 0) is 21.8 Å². The molecule has 1 heterocycles. The average Bonchev–Trinajstić information content (AvgIpc) is 2.47. The number of carbonyl (C=O) groups excluding carboxylic acids is 1. The second kappa shape index (κ2) is 4.28. The predicted molar refractivity (Wildman–Crippen MR) is 46.5 cm³/mol. The summed E-state index contributed by atoms with van der Waals surface area (Å²) < 4.78 is 9.66. The fourth-order valence-electron chi connectivity index (χ4n) is 0.918. The Morgan fingerprint density at radius 2 is 2.38 bits per heavy atom. The van der Waals surface area contributed by atoms with Crippen molar-refractivity contribution in [1.82, 2.24) is 4.98 Å². The molecule has 4 nitrogen and oxygen atoms in total. The van der Waals surface area contributed by atoms with Gasteiger partial charge in [-0.25, -0.2) is 4.98 Å². The van der Waals surface area contributed by atoms with Gasteiger partial charge in [-0.1, -0.05) is 0 Å². The number of esters is 1. The van der Waals surface area contributed by atoms with Gasteiger partial charge in [0.1, 0.15) is 5.76 Å². The van der Waals surface area contributed by atoms with Crippen molar-refractivity contribution in [3.8, 4) is 0 Å². The molecule has 0 amide bonds. The van der Waals surface area contributed by atoms with Gasteiger partial charge in [-0.2, -0.15) is 0 Å². The Balaban J connectivity index is 2.76. The number of oxazole rings is 1. The van der Waals surface area contributed by atoms with Crippen LogP contribution in [0.5, 0.6) is 0 Å². The predicted octanol–water partition coefficient (Wildman–Crippen LogP) is 1.44. The van der Waals surface area contributed by atoms with Crippen molar-refractivity contribution >= 4 is 17.6 Å². The van der Waals surface area contributed by atoms with Crippen molar-refractivity contribution in [2.75, 3.05) is 7.11 Å². The summed E-state index contributed by atoms with van der Waals surface area (Å²) in [7, 11) is 1.33. The molecule has 72 valence electrons. The maximum atomic E-state index is 10.9. The van der Waals surface area contributed by atoms with Gasteiger partial charge in [0.2, 0.25) is 5.89 Å². The summed E-state index contributed by atoms with van der Waals surface area (Å²) in [4.78, 5) is 14.9. The van der Waals surface area contributed by atoms with E-state index in [-0.39, 0.29) is 18.3 Å². The van der Waals surface area contributed by atoms with Crippen molar-refractivity contribution in [1.29, 1.82) is 0 Å². The fraction of sp³-hybridized carbons (Fsp3) is 0.500. The minimum Gasteiger partial charge on any atom is -0.469 e. The SMILES string of the molecule is COC(=O)Cc1nc(CCl)oc1C. The lowest BCUT2D eigenvalue weighted by Crippen LogP contribution is -2.05. The Bertz CT molecular complexity index is 308. The van der Waals surface area contributed by atoms with E-state index in [1.807, 2.05) is 0 Å². The third kappa shape index (κ3) is 2.45. The van der Waals surface area contributed by atoms with Crippen LogP contribution in [0.15, 0.2) is 4.42 Å². The smallest absolute Gasteiger partial charge is 0.311 e. The number of rotatable bonds is 3. The molecule has 0 fully saturated rings. The molecule has 1 rings (SSSR count). The Labute approximate surface area is 80.8 Å². The number of methoxy groups -OCH3 is 1. The number of ether oxygens (including phenoxy) is 1. The van der Waals surface area contributed by atoms with Gasteiger partial charge >= 0.3 is 5.97 Å². The highest BCUT2D eigenvalue weighted by Gasteiger charge is 2.12. The molecule has 0 aromatic carbocycles. The van der Waals surface area contributed by atoms with Gasteiger partial charge in [-0.15, -0.1) is 11.6 Å². The second-order valence-electron chi connectivity index (χ2n) is 2.50. The number of alkyl halides is 1. The summed E-state index contributed by atoms with van der Waals surface area (Å²) in [6.45, 7) is 1.74. The van der Waals surface area contributed by atoms with Gasteiger partial charge in [0, 0.05) is 0 Å². The lowest BCUT2D eigenvalue weighted by atomic mass is 10.3. The second-order valence-corrected chi connectivity index (χ2v) is 2.76.